The second kappa shape index (κ2) is 8.65. The lowest BCUT2D eigenvalue weighted by Gasteiger charge is -2.22. The van der Waals surface area contributed by atoms with Gasteiger partial charge in [-0.05, 0) is 32.0 Å². The van der Waals surface area contributed by atoms with E-state index in [9.17, 15) is 18.0 Å². The molecule has 168 valence electrons. The predicted molar refractivity (Wildman–Crippen MR) is 111 cm³/mol. The first-order valence-electron chi connectivity index (χ1n) is 9.63. The summed E-state index contributed by atoms with van der Waals surface area (Å²) in [5.41, 5.74) is 0.782. The number of imidazole rings is 1. The number of anilines is 2. The van der Waals surface area contributed by atoms with Crippen LogP contribution in [-0.2, 0) is 4.74 Å². The van der Waals surface area contributed by atoms with Gasteiger partial charge in [-0.1, -0.05) is 11.6 Å². The minimum Gasteiger partial charge on any atom is -0.447 e. The number of nitrogens with zero attached hydrogens (tertiary/aromatic N) is 5. The SMILES string of the molecule is C[C@H](Nc1ncc(F)c(N2C(=O)OCC2[C@H](C)F)n1)c1cn(-c2ccc(Cl)cc2F)cn1. The van der Waals surface area contributed by atoms with E-state index in [0.29, 0.717) is 5.69 Å². The van der Waals surface area contributed by atoms with Crippen molar-refractivity contribution in [3.8, 4) is 5.69 Å². The van der Waals surface area contributed by atoms with Crippen molar-refractivity contribution in [1.82, 2.24) is 19.5 Å². The molecule has 0 spiro atoms. The number of hydrogen-bond donors (Lipinski definition) is 1. The van der Waals surface area contributed by atoms with Gasteiger partial charge in [0.15, 0.2) is 11.6 Å². The number of halogens is 4. The van der Waals surface area contributed by atoms with Crippen LogP contribution in [0.25, 0.3) is 5.69 Å². The van der Waals surface area contributed by atoms with Crippen LogP contribution in [0.1, 0.15) is 25.6 Å². The number of ether oxygens (including phenoxy) is 1. The molecule has 1 aromatic carbocycles. The van der Waals surface area contributed by atoms with E-state index in [1.54, 1.807) is 19.2 Å². The van der Waals surface area contributed by atoms with E-state index < -0.39 is 36.0 Å². The maximum Gasteiger partial charge on any atom is 0.416 e. The molecule has 3 aromatic rings. The normalized spacial score (nSPS) is 17.9. The van der Waals surface area contributed by atoms with Gasteiger partial charge < -0.3 is 14.6 Å². The van der Waals surface area contributed by atoms with Crippen molar-refractivity contribution in [2.24, 2.45) is 0 Å². The molecule has 0 radical (unpaired) electrons. The van der Waals surface area contributed by atoms with Gasteiger partial charge in [0, 0.05) is 11.2 Å². The Morgan fingerprint density at radius 1 is 1.25 bits per heavy atom. The van der Waals surface area contributed by atoms with Crippen LogP contribution in [-0.4, -0.2) is 44.4 Å². The fourth-order valence-electron chi connectivity index (χ4n) is 3.27. The number of hydrogen-bond acceptors (Lipinski definition) is 6. The van der Waals surface area contributed by atoms with E-state index in [0.717, 1.165) is 11.1 Å². The van der Waals surface area contributed by atoms with Gasteiger partial charge in [-0.25, -0.2) is 32.8 Å². The van der Waals surface area contributed by atoms with E-state index >= 15 is 0 Å². The van der Waals surface area contributed by atoms with Crippen LogP contribution in [0.4, 0.5) is 29.7 Å². The summed E-state index contributed by atoms with van der Waals surface area (Å²) in [6, 6.07) is 2.81. The van der Waals surface area contributed by atoms with Gasteiger partial charge in [-0.2, -0.15) is 4.98 Å². The maximum atomic E-state index is 14.4. The molecule has 3 atom stereocenters. The molecule has 1 N–H and O–H groups in total. The summed E-state index contributed by atoms with van der Waals surface area (Å²) in [5, 5.41) is 3.22. The fraction of sp³-hybridized carbons (Fsp3) is 0.300. The second-order valence-corrected chi connectivity index (χ2v) is 7.66. The molecule has 8 nitrogen and oxygen atoms in total. The highest BCUT2D eigenvalue weighted by Crippen LogP contribution is 2.28. The number of carbonyl (C=O) groups excluding carboxylic acids is 1. The van der Waals surface area contributed by atoms with Crippen molar-refractivity contribution in [1.29, 1.82) is 0 Å². The van der Waals surface area contributed by atoms with Crippen molar-refractivity contribution < 1.29 is 22.7 Å². The standard InChI is InChI=1S/C20H18ClF3N6O2/c1-10(22)17-8-32-20(31)30(17)18-14(24)6-25-19(28-18)27-11(2)15-7-29(9-26-15)16-4-3-12(21)5-13(16)23/h3-7,9-11,17H,8H2,1-2H3,(H,25,27,28)/t10-,11-,17?/m0/s1. The molecule has 32 heavy (non-hydrogen) atoms. The number of benzene rings is 1. The number of alkyl halides is 1. The number of cyclic esters (lactones) is 1. The molecule has 1 aliphatic heterocycles. The Kier molecular flexibility index (Phi) is 5.92. The molecular weight excluding hydrogens is 449 g/mol. The van der Waals surface area contributed by atoms with Crippen LogP contribution >= 0.6 is 11.6 Å². The molecule has 1 fully saturated rings. The smallest absolute Gasteiger partial charge is 0.416 e. The zero-order valence-electron chi connectivity index (χ0n) is 17.0. The van der Waals surface area contributed by atoms with Gasteiger partial charge in [0.05, 0.1) is 29.9 Å². The minimum atomic E-state index is -1.46. The van der Waals surface area contributed by atoms with Crippen LogP contribution in [0.3, 0.4) is 0 Å². The number of nitrogens with one attached hydrogen (secondary N) is 1. The third-order valence-electron chi connectivity index (χ3n) is 4.97. The molecule has 3 heterocycles. The summed E-state index contributed by atoms with van der Waals surface area (Å²) in [6.07, 6.45) is 1.57. The first-order chi connectivity index (χ1) is 15.2. The third-order valence-corrected chi connectivity index (χ3v) is 5.20. The number of amides is 1. The lowest BCUT2D eigenvalue weighted by Crippen LogP contribution is -2.40. The second-order valence-electron chi connectivity index (χ2n) is 7.22. The highest BCUT2D eigenvalue weighted by atomic mass is 35.5. The molecule has 0 bridgehead atoms. The molecule has 1 saturated heterocycles. The van der Waals surface area contributed by atoms with Gasteiger partial charge >= 0.3 is 6.09 Å². The molecule has 0 saturated carbocycles. The van der Waals surface area contributed by atoms with Crippen molar-refractivity contribution in [3.05, 3.63) is 59.3 Å². The largest absolute Gasteiger partial charge is 0.447 e. The number of rotatable bonds is 6. The lowest BCUT2D eigenvalue weighted by atomic mass is 10.2. The molecule has 12 heteroatoms. The highest BCUT2D eigenvalue weighted by Gasteiger charge is 2.40. The molecule has 1 unspecified atom stereocenters. The number of carbonyl (C=O) groups is 1. The topological polar surface area (TPSA) is 85.2 Å². The molecule has 2 aromatic heterocycles. The van der Waals surface area contributed by atoms with Crippen molar-refractivity contribution in [3.63, 3.8) is 0 Å². The van der Waals surface area contributed by atoms with Crippen molar-refractivity contribution in [2.45, 2.75) is 32.1 Å². The Balaban J connectivity index is 1.56. The van der Waals surface area contributed by atoms with Gasteiger partial charge in [-0.3, -0.25) is 0 Å². The summed E-state index contributed by atoms with van der Waals surface area (Å²) >= 11 is 5.79. The summed E-state index contributed by atoms with van der Waals surface area (Å²) in [4.78, 5) is 25.0. The lowest BCUT2D eigenvalue weighted by molar-refractivity contribution is 0.174. The Bertz CT molecular complexity index is 1160. The Morgan fingerprint density at radius 2 is 2.03 bits per heavy atom. The van der Waals surface area contributed by atoms with E-state index in [1.807, 2.05) is 0 Å². The summed E-state index contributed by atoms with van der Waals surface area (Å²) < 4.78 is 48.7. The zero-order chi connectivity index (χ0) is 23.0. The minimum absolute atomic E-state index is 0.00825. The van der Waals surface area contributed by atoms with Crippen molar-refractivity contribution in [2.75, 3.05) is 16.8 Å². The summed E-state index contributed by atoms with van der Waals surface area (Å²) in [6.45, 7) is 2.78. The number of aromatic nitrogens is 4. The fourth-order valence-corrected chi connectivity index (χ4v) is 3.42. The first-order valence-corrected chi connectivity index (χ1v) is 10.0. The monoisotopic (exact) mass is 466 g/mol. The van der Waals surface area contributed by atoms with E-state index in [-0.39, 0.29) is 29.1 Å². The summed E-state index contributed by atoms with van der Waals surface area (Å²) in [5.74, 6) is -1.80. The average Bonchev–Trinajstić information content (AvgIpc) is 3.37. The van der Waals surface area contributed by atoms with Crippen LogP contribution < -0.4 is 10.2 Å². The Labute approximate surface area is 186 Å². The van der Waals surface area contributed by atoms with Crippen LogP contribution in [0.15, 0.2) is 36.9 Å². The van der Waals surface area contributed by atoms with Crippen LogP contribution in [0.2, 0.25) is 5.02 Å². The maximum absolute atomic E-state index is 14.4. The van der Waals surface area contributed by atoms with Crippen molar-refractivity contribution >= 4 is 29.5 Å². The van der Waals surface area contributed by atoms with E-state index in [4.69, 9.17) is 16.3 Å². The first kappa shape index (κ1) is 21.9. The molecule has 0 aliphatic carbocycles. The van der Waals surface area contributed by atoms with E-state index in [2.05, 4.69) is 20.3 Å². The quantitative estimate of drug-likeness (QED) is 0.577. The Hall–Kier alpha value is -3.34. The van der Waals surface area contributed by atoms with Gasteiger partial charge in [0.2, 0.25) is 5.95 Å². The Morgan fingerprint density at radius 3 is 2.75 bits per heavy atom. The third kappa shape index (κ3) is 4.20. The van der Waals surface area contributed by atoms with E-state index in [1.165, 1.54) is 30.0 Å². The summed E-state index contributed by atoms with van der Waals surface area (Å²) in [7, 11) is 0. The van der Waals surface area contributed by atoms with Gasteiger partial charge in [-0.15, -0.1) is 0 Å². The van der Waals surface area contributed by atoms with Crippen LogP contribution in [0, 0.1) is 11.6 Å². The molecule has 1 amide bonds. The molecule has 4 rings (SSSR count). The van der Waals surface area contributed by atoms with Crippen LogP contribution in [0.5, 0.6) is 0 Å². The predicted octanol–water partition coefficient (Wildman–Crippen LogP) is 4.45. The van der Waals surface area contributed by atoms with Gasteiger partial charge in [0.1, 0.15) is 24.6 Å². The molecular formula is C20H18ClF3N6O2. The van der Waals surface area contributed by atoms with Gasteiger partial charge in [0.25, 0.3) is 0 Å². The highest BCUT2D eigenvalue weighted by molar-refractivity contribution is 6.30. The molecule has 1 aliphatic rings. The average molecular weight is 467 g/mol. The zero-order valence-corrected chi connectivity index (χ0v) is 17.7.